The lowest BCUT2D eigenvalue weighted by atomic mass is 9.97. The Bertz CT molecular complexity index is 1020. The summed E-state index contributed by atoms with van der Waals surface area (Å²) in [7, 11) is 0. The fraction of sp³-hybridized carbons (Fsp3) is 0.391. The Morgan fingerprint density at radius 2 is 2.10 bits per heavy atom. The van der Waals surface area contributed by atoms with Crippen LogP contribution in [-0.2, 0) is 11.2 Å². The highest BCUT2D eigenvalue weighted by Gasteiger charge is 2.25. The molecule has 2 atom stereocenters. The van der Waals surface area contributed by atoms with E-state index in [0.717, 1.165) is 32.4 Å². The van der Waals surface area contributed by atoms with Crippen LogP contribution in [0.25, 0.3) is 10.2 Å². The summed E-state index contributed by atoms with van der Waals surface area (Å²) in [4.78, 5) is 18.1. The number of ether oxygens (including phenoxy) is 1. The molecule has 2 aromatic carbocycles. The van der Waals surface area contributed by atoms with E-state index in [-0.39, 0.29) is 11.7 Å². The molecule has 1 amide bonds. The van der Waals surface area contributed by atoms with Crippen LogP contribution in [0.1, 0.15) is 32.3 Å². The van der Waals surface area contributed by atoms with Gasteiger partial charge in [-0.15, -0.1) is 0 Å². The van der Waals surface area contributed by atoms with Gasteiger partial charge in [-0.25, -0.2) is 9.37 Å². The van der Waals surface area contributed by atoms with Crippen molar-refractivity contribution in [2.45, 2.75) is 45.2 Å². The smallest absolute Gasteiger partial charge is 0.279 e. The first-order valence-electron chi connectivity index (χ1n) is 10.3. The highest BCUT2D eigenvalue weighted by Crippen LogP contribution is 2.32. The van der Waals surface area contributed by atoms with Gasteiger partial charge < -0.3 is 15.0 Å². The van der Waals surface area contributed by atoms with E-state index < -0.39 is 0 Å². The van der Waals surface area contributed by atoms with Gasteiger partial charge in [0.2, 0.25) is 5.91 Å². The second kappa shape index (κ2) is 9.10. The van der Waals surface area contributed by atoms with Crippen LogP contribution in [0.2, 0.25) is 0 Å². The molecular weight excluding hydrogens is 401 g/mol. The first-order valence-corrected chi connectivity index (χ1v) is 11.1. The maximum Gasteiger partial charge on any atom is 0.279 e. The number of carbonyl (C=O) groups excluding carboxylic acids is 1. The summed E-state index contributed by atoms with van der Waals surface area (Å²) in [5.41, 5.74) is 1.86. The molecule has 158 valence electrons. The molecular formula is C23H26FN3O2S. The lowest BCUT2D eigenvalue weighted by Crippen LogP contribution is -2.48. The largest absolute Gasteiger partial charge is 0.431 e. The number of rotatable bonds is 6. The molecule has 0 bridgehead atoms. The third kappa shape index (κ3) is 4.96. The van der Waals surface area contributed by atoms with Crippen molar-refractivity contribution >= 4 is 27.5 Å². The second-order valence-corrected chi connectivity index (χ2v) is 8.83. The quantitative estimate of drug-likeness (QED) is 0.616. The van der Waals surface area contributed by atoms with Crippen LogP contribution >= 0.6 is 11.3 Å². The molecule has 3 aromatic rings. The number of amides is 1. The number of halogens is 1. The topological polar surface area (TPSA) is 54.5 Å². The molecule has 7 heteroatoms. The minimum Gasteiger partial charge on any atom is -0.431 e. The Hall–Kier alpha value is -2.51. The molecule has 1 aliphatic rings. The van der Waals surface area contributed by atoms with Crippen molar-refractivity contribution < 1.29 is 13.9 Å². The highest BCUT2D eigenvalue weighted by atomic mass is 32.1. The van der Waals surface area contributed by atoms with Crippen LogP contribution in [-0.4, -0.2) is 41.0 Å². The summed E-state index contributed by atoms with van der Waals surface area (Å²) >= 11 is 1.21. The van der Waals surface area contributed by atoms with E-state index in [2.05, 4.69) is 34.3 Å². The SMILES string of the molecule is CC(=O)N[C@H]1CCN(CCc2ccc(Oc3nc4cccc(F)c4s3)cc2)[C@H](C)C1. The first-order chi connectivity index (χ1) is 14.5. The number of aromatic nitrogens is 1. The summed E-state index contributed by atoms with van der Waals surface area (Å²) < 4.78 is 20.2. The number of benzene rings is 2. The van der Waals surface area contributed by atoms with Crippen LogP contribution in [0.3, 0.4) is 0 Å². The molecule has 2 heterocycles. The van der Waals surface area contributed by atoms with Gasteiger partial charge in [-0.1, -0.05) is 29.5 Å². The number of hydrogen-bond donors (Lipinski definition) is 1. The molecule has 5 nitrogen and oxygen atoms in total. The standard InChI is InChI=1S/C23H26FN3O2S/c1-15-14-18(25-16(2)28)11-13-27(15)12-10-17-6-8-19(9-7-17)29-23-26-21-5-3-4-20(24)22(21)30-23/h3-9,15,18H,10-14H2,1-2H3,(H,25,28)/t15-,18+/m1/s1. The number of nitrogens with one attached hydrogen (secondary N) is 1. The summed E-state index contributed by atoms with van der Waals surface area (Å²) in [6.07, 6.45) is 2.95. The van der Waals surface area contributed by atoms with Crippen LogP contribution in [0.4, 0.5) is 4.39 Å². The predicted molar refractivity (Wildman–Crippen MR) is 118 cm³/mol. The zero-order valence-electron chi connectivity index (χ0n) is 17.2. The van der Waals surface area contributed by atoms with Gasteiger partial charge in [-0.2, -0.15) is 0 Å². The van der Waals surface area contributed by atoms with Crippen molar-refractivity contribution in [1.29, 1.82) is 0 Å². The van der Waals surface area contributed by atoms with E-state index in [1.807, 2.05) is 12.1 Å². The number of likely N-dealkylation sites (tertiary alicyclic amines) is 1. The Labute approximate surface area is 179 Å². The third-order valence-electron chi connectivity index (χ3n) is 5.58. The predicted octanol–water partition coefficient (Wildman–Crippen LogP) is 4.76. The van der Waals surface area contributed by atoms with E-state index in [0.29, 0.717) is 33.2 Å². The third-order valence-corrected chi connectivity index (χ3v) is 6.54. The van der Waals surface area contributed by atoms with Gasteiger partial charge in [0, 0.05) is 32.1 Å². The first kappa shape index (κ1) is 20.8. The average molecular weight is 428 g/mol. The molecule has 1 saturated heterocycles. The molecule has 0 unspecified atom stereocenters. The fourth-order valence-electron chi connectivity index (χ4n) is 4.01. The van der Waals surface area contributed by atoms with E-state index in [4.69, 9.17) is 4.74 Å². The van der Waals surface area contributed by atoms with Gasteiger partial charge in [-0.05, 0) is 56.0 Å². The number of hydrogen-bond acceptors (Lipinski definition) is 5. The van der Waals surface area contributed by atoms with E-state index in [1.54, 1.807) is 19.1 Å². The molecule has 0 spiro atoms. The summed E-state index contributed by atoms with van der Waals surface area (Å²) in [5.74, 6) is 0.479. The maximum atomic E-state index is 13.8. The zero-order valence-corrected chi connectivity index (χ0v) is 18.0. The van der Waals surface area contributed by atoms with Crippen molar-refractivity contribution in [3.63, 3.8) is 0 Å². The van der Waals surface area contributed by atoms with Gasteiger partial charge in [0.15, 0.2) is 0 Å². The van der Waals surface area contributed by atoms with Crippen LogP contribution in [0.15, 0.2) is 42.5 Å². The van der Waals surface area contributed by atoms with Crippen molar-refractivity contribution in [2.75, 3.05) is 13.1 Å². The molecule has 1 fully saturated rings. The van der Waals surface area contributed by atoms with E-state index in [9.17, 15) is 9.18 Å². The summed E-state index contributed by atoms with van der Waals surface area (Å²) in [6, 6.07) is 13.6. The normalized spacial score (nSPS) is 19.7. The molecule has 1 aromatic heterocycles. The van der Waals surface area contributed by atoms with Crippen molar-refractivity contribution in [1.82, 2.24) is 15.2 Å². The monoisotopic (exact) mass is 427 g/mol. The zero-order chi connectivity index (χ0) is 21.1. The molecule has 4 rings (SSSR count). The van der Waals surface area contributed by atoms with Gasteiger partial charge in [0.05, 0.1) is 10.2 Å². The minimum absolute atomic E-state index is 0.0546. The maximum absolute atomic E-state index is 13.8. The van der Waals surface area contributed by atoms with Crippen LogP contribution in [0, 0.1) is 5.82 Å². The highest BCUT2D eigenvalue weighted by molar-refractivity contribution is 7.20. The number of fused-ring (bicyclic) bond motifs is 1. The van der Waals surface area contributed by atoms with Gasteiger partial charge in [-0.3, -0.25) is 4.79 Å². The molecule has 30 heavy (non-hydrogen) atoms. The summed E-state index contributed by atoms with van der Waals surface area (Å²) in [5, 5.41) is 3.48. The number of nitrogens with zero attached hydrogens (tertiary/aromatic N) is 2. The van der Waals surface area contributed by atoms with Crippen molar-refractivity contribution in [3.8, 4) is 10.9 Å². The Morgan fingerprint density at radius 1 is 1.30 bits per heavy atom. The molecule has 0 radical (unpaired) electrons. The lowest BCUT2D eigenvalue weighted by molar-refractivity contribution is -0.120. The van der Waals surface area contributed by atoms with Crippen molar-refractivity contribution in [2.24, 2.45) is 0 Å². The van der Waals surface area contributed by atoms with E-state index >= 15 is 0 Å². The van der Waals surface area contributed by atoms with Gasteiger partial charge in [0.1, 0.15) is 11.6 Å². The average Bonchev–Trinajstić information content (AvgIpc) is 3.12. The van der Waals surface area contributed by atoms with Crippen molar-refractivity contribution in [3.05, 3.63) is 53.8 Å². The fourth-order valence-corrected chi connectivity index (χ4v) is 4.85. The van der Waals surface area contributed by atoms with Crippen LogP contribution in [0.5, 0.6) is 10.9 Å². The molecule has 0 saturated carbocycles. The summed E-state index contributed by atoms with van der Waals surface area (Å²) in [6.45, 7) is 5.80. The lowest BCUT2D eigenvalue weighted by Gasteiger charge is -2.37. The second-order valence-electron chi connectivity index (χ2n) is 7.87. The van der Waals surface area contributed by atoms with Crippen LogP contribution < -0.4 is 10.1 Å². The Balaban J connectivity index is 1.30. The number of carbonyl (C=O) groups is 1. The van der Waals surface area contributed by atoms with Gasteiger partial charge >= 0.3 is 0 Å². The minimum atomic E-state index is -0.273. The molecule has 1 N–H and O–H groups in total. The number of piperidine rings is 1. The molecule has 0 aliphatic carbocycles. The van der Waals surface area contributed by atoms with E-state index in [1.165, 1.54) is 23.0 Å². The molecule has 1 aliphatic heterocycles. The Morgan fingerprint density at radius 3 is 2.80 bits per heavy atom. The Kier molecular flexibility index (Phi) is 6.29. The number of thiazole rings is 1. The van der Waals surface area contributed by atoms with Gasteiger partial charge in [0.25, 0.3) is 5.19 Å².